The Morgan fingerprint density at radius 1 is 1.44 bits per heavy atom. The van der Waals surface area contributed by atoms with E-state index in [-0.39, 0.29) is 5.91 Å². The summed E-state index contributed by atoms with van der Waals surface area (Å²) < 4.78 is 0. The monoisotopic (exact) mass is 303 g/mol. The number of nitrogens with zero attached hydrogens (tertiary/aromatic N) is 1. The van der Waals surface area contributed by atoms with Gasteiger partial charge in [0.2, 0.25) is 0 Å². The number of halogens is 2. The minimum Gasteiger partial charge on any atom is -0.342 e. The molecule has 0 radical (unpaired) electrons. The van der Waals surface area contributed by atoms with Crippen LogP contribution in [0.4, 0.5) is 0 Å². The van der Waals surface area contributed by atoms with Gasteiger partial charge in [0.25, 0.3) is 5.91 Å². The first-order chi connectivity index (χ1) is 7.54. The van der Waals surface area contributed by atoms with Crippen LogP contribution in [-0.4, -0.2) is 29.7 Å². The Bertz CT molecular complexity index is 361. The van der Waals surface area contributed by atoms with E-state index in [0.717, 1.165) is 23.9 Å². The standard InChI is InChI=1S/C12H15BrClNO/c1-9-6-10(8-11(14)7-9)12(16)15(2)5-3-4-13/h6-8H,3-5H2,1-2H3. The van der Waals surface area contributed by atoms with Gasteiger partial charge >= 0.3 is 0 Å². The number of aryl methyl sites for hydroxylation is 1. The van der Waals surface area contributed by atoms with E-state index in [1.807, 2.05) is 19.1 Å². The second-order valence-electron chi connectivity index (χ2n) is 3.79. The van der Waals surface area contributed by atoms with E-state index in [9.17, 15) is 4.79 Å². The lowest BCUT2D eigenvalue weighted by Gasteiger charge is -2.16. The van der Waals surface area contributed by atoms with Crippen LogP contribution in [0.25, 0.3) is 0 Å². The van der Waals surface area contributed by atoms with Crippen molar-refractivity contribution < 1.29 is 4.79 Å². The van der Waals surface area contributed by atoms with E-state index in [0.29, 0.717) is 10.6 Å². The summed E-state index contributed by atoms with van der Waals surface area (Å²) in [5.74, 6) is 0.0200. The van der Waals surface area contributed by atoms with Crippen molar-refractivity contribution in [3.05, 3.63) is 34.3 Å². The van der Waals surface area contributed by atoms with Crippen LogP contribution in [-0.2, 0) is 0 Å². The molecule has 0 aliphatic heterocycles. The van der Waals surface area contributed by atoms with E-state index in [1.165, 1.54) is 0 Å². The minimum atomic E-state index is 0.0200. The van der Waals surface area contributed by atoms with Crippen molar-refractivity contribution in [1.29, 1.82) is 0 Å². The Labute approximate surface area is 110 Å². The minimum absolute atomic E-state index is 0.0200. The molecule has 88 valence electrons. The van der Waals surface area contributed by atoms with Crippen molar-refractivity contribution in [2.24, 2.45) is 0 Å². The van der Waals surface area contributed by atoms with Gasteiger partial charge in [-0.25, -0.2) is 0 Å². The van der Waals surface area contributed by atoms with Crippen LogP contribution in [0, 0.1) is 6.92 Å². The molecule has 1 aromatic rings. The maximum atomic E-state index is 12.0. The molecule has 0 aliphatic rings. The smallest absolute Gasteiger partial charge is 0.253 e. The third kappa shape index (κ3) is 3.80. The second-order valence-corrected chi connectivity index (χ2v) is 5.02. The maximum absolute atomic E-state index is 12.0. The summed E-state index contributed by atoms with van der Waals surface area (Å²) in [6, 6.07) is 5.41. The second kappa shape index (κ2) is 6.26. The number of carbonyl (C=O) groups excluding carboxylic acids is 1. The molecule has 0 N–H and O–H groups in total. The molecular weight excluding hydrogens is 289 g/mol. The number of carbonyl (C=O) groups is 1. The van der Waals surface area contributed by atoms with Gasteiger partial charge in [0, 0.05) is 29.5 Å². The van der Waals surface area contributed by atoms with Crippen molar-refractivity contribution in [2.75, 3.05) is 18.9 Å². The molecule has 0 atom stereocenters. The first-order valence-corrected chi connectivity index (χ1v) is 6.63. The number of benzene rings is 1. The summed E-state index contributed by atoms with van der Waals surface area (Å²) in [4.78, 5) is 13.7. The molecule has 0 fully saturated rings. The largest absolute Gasteiger partial charge is 0.342 e. The topological polar surface area (TPSA) is 20.3 Å². The van der Waals surface area contributed by atoms with Crippen LogP contribution < -0.4 is 0 Å². The van der Waals surface area contributed by atoms with Gasteiger partial charge in [-0.3, -0.25) is 4.79 Å². The average Bonchev–Trinajstić information content (AvgIpc) is 2.23. The average molecular weight is 305 g/mol. The van der Waals surface area contributed by atoms with Crippen LogP contribution in [0.3, 0.4) is 0 Å². The van der Waals surface area contributed by atoms with Crippen molar-refractivity contribution in [2.45, 2.75) is 13.3 Å². The van der Waals surface area contributed by atoms with Gasteiger partial charge in [0.05, 0.1) is 0 Å². The zero-order valence-electron chi connectivity index (χ0n) is 9.46. The van der Waals surface area contributed by atoms with Crippen LogP contribution in [0.5, 0.6) is 0 Å². The van der Waals surface area contributed by atoms with Gasteiger partial charge in [-0.15, -0.1) is 0 Å². The van der Waals surface area contributed by atoms with Gasteiger partial charge in [-0.05, 0) is 37.1 Å². The molecule has 1 aromatic carbocycles. The molecule has 4 heteroatoms. The number of alkyl halides is 1. The molecule has 0 spiro atoms. The molecule has 0 heterocycles. The summed E-state index contributed by atoms with van der Waals surface area (Å²) in [7, 11) is 1.81. The first-order valence-electron chi connectivity index (χ1n) is 5.13. The van der Waals surface area contributed by atoms with Crippen molar-refractivity contribution in [3.8, 4) is 0 Å². The highest BCUT2D eigenvalue weighted by atomic mass is 79.9. The fourth-order valence-electron chi connectivity index (χ4n) is 1.48. The quantitative estimate of drug-likeness (QED) is 0.780. The Balaban J connectivity index is 2.79. The normalized spacial score (nSPS) is 10.2. The number of hydrogen-bond acceptors (Lipinski definition) is 1. The van der Waals surface area contributed by atoms with Gasteiger partial charge in [-0.2, -0.15) is 0 Å². The Morgan fingerprint density at radius 2 is 2.12 bits per heavy atom. The third-order valence-electron chi connectivity index (χ3n) is 2.26. The molecule has 0 unspecified atom stereocenters. The van der Waals surface area contributed by atoms with Crippen LogP contribution >= 0.6 is 27.5 Å². The summed E-state index contributed by atoms with van der Waals surface area (Å²) in [5.41, 5.74) is 1.66. The zero-order valence-corrected chi connectivity index (χ0v) is 11.8. The third-order valence-corrected chi connectivity index (χ3v) is 3.04. The summed E-state index contributed by atoms with van der Waals surface area (Å²) >= 11 is 9.27. The predicted molar refractivity (Wildman–Crippen MR) is 71.6 cm³/mol. The Hall–Kier alpha value is -0.540. The highest BCUT2D eigenvalue weighted by Crippen LogP contribution is 2.15. The van der Waals surface area contributed by atoms with Gasteiger partial charge in [0.1, 0.15) is 0 Å². The number of amides is 1. The number of hydrogen-bond donors (Lipinski definition) is 0. The van der Waals surface area contributed by atoms with E-state index >= 15 is 0 Å². The highest BCUT2D eigenvalue weighted by Gasteiger charge is 2.11. The molecule has 16 heavy (non-hydrogen) atoms. The molecule has 0 saturated carbocycles. The van der Waals surface area contributed by atoms with Crippen molar-refractivity contribution in [3.63, 3.8) is 0 Å². The molecule has 0 saturated heterocycles. The number of rotatable bonds is 4. The molecule has 1 amide bonds. The lowest BCUT2D eigenvalue weighted by molar-refractivity contribution is 0.0795. The lowest BCUT2D eigenvalue weighted by Crippen LogP contribution is -2.28. The van der Waals surface area contributed by atoms with E-state index < -0.39 is 0 Å². The van der Waals surface area contributed by atoms with Gasteiger partial charge in [0.15, 0.2) is 0 Å². The zero-order chi connectivity index (χ0) is 12.1. The van der Waals surface area contributed by atoms with Crippen LogP contribution in [0.15, 0.2) is 18.2 Å². The molecule has 0 aliphatic carbocycles. The van der Waals surface area contributed by atoms with Gasteiger partial charge < -0.3 is 4.90 Å². The fraction of sp³-hybridized carbons (Fsp3) is 0.417. The van der Waals surface area contributed by atoms with Crippen LogP contribution in [0.1, 0.15) is 22.3 Å². The Kier molecular flexibility index (Phi) is 5.29. The summed E-state index contributed by atoms with van der Waals surface area (Å²) in [6.45, 7) is 2.68. The van der Waals surface area contributed by atoms with Crippen molar-refractivity contribution >= 4 is 33.4 Å². The SMILES string of the molecule is Cc1cc(Cl)cc(C(=O)N(C)CCCBr)c1. The van der Waals surface area contributed by atoms with E-state index in [4.69, 9.17) is 11.6 Å². The highest BCUT2D eigenvalue weighted by molar-refractivity contribution is 9.09. The summed E-state index contributed by atoms with van der Waals surface area (Å²) in [5, 5.41) is 1.51. The Morgan fingerprint density at radius 3 is 2.69 bits per heavy atom. The first kappa shape index (κ1) is 13.5. The molecule has 0 bridgehead atoms. The summed E-state index contributed by atoms with van der Waals surface area (Å²) in [6.07, 6.45) is 0.946. The molecule has 0 aromatic heterocycles. The van der Waals surface area contributed by atoms with E-state index in [2.05, 4.69) is 15.9 Å². The lowest BCUT2D eigenvalue weighted by atomic mass is 10.1. The maximum Gasteiger partial charge on any atom is 0.253 e. The van der Waals surface area contributed by atoms with E-state index in [1.54, 1.807) is 18.0 Å². The van der Waals surface area contributed by atoms with Gasteiger partial charge in [-0.1, -0.05) is 27.5 Å². The van der Waals surface area contributed by atoms with Crippen molar-refractivity contribution in [1.82, 2.24) is 4.90 Å². The molecule has 2 nitrogen and oxygen atoms in total. The predicted octanol–water partition coefficient (Wildman–Crippen LogP) is 3.51. The fourth-order valence-corrected chi connectivity index (χ4v) is 2.02. The van der Waals surface area contributed by atoms with Crippen LogP contribution in [0.2, 0.25) is 5.02 Å². The molecular formula is C12H15BrClNO. The molecule has 1 rings (SSSR count).